The molecule has 0 radical (unpaired) electrons. The van der Waals surface area contributed by atoms with Crippen molar-refractivity contribution in [2.75, 3.05) is 11.9 Å². The van der Waals surface area contributed by atoms with Gasteiger partial charge in [-0.1, -0.05) is 17.7 Å². The summed E-state index contributed by atoms with van der Waals surface area (Å²) in [5.74, 6) is 0.777. The van der Waals surface area contributed by atoms with Crippen LogP contribution in [0.15, 0.2) is 42.9 Å². The largest absolute Gasteiger partial charge is 0.330 e. The zero-order valence-electron chi connectivity index (χ0n) is 14.0. The molecule has 0 amide bonds. The van der Waals surface area contributed by atoms with E-state index in [2.05, 4.69) is 25.3 Å². The van der Waals surface area contributed by atoms with Gasteiger partial charge < -0.3 is 11.1 Å². The first-order valence-corrected chi connectivity index (χ1v) is 9.33. The molecule has 6 nitrogen and oxygen atoms in total. The molecule has 27 heavy (non-hydrogen) atoms. The van der Waals surface area contributed by atoms with Crippen molar-refractivity contribution in [2.24, 2.45) is 5.73 Å². The Kier molecular flexibility index (Phi) is 4.93. The van der Waals surface area contributed by atoms with Gasteiger partial charge in [-0.2, -0.15) is 0 Å². The molecule has 0 unspecified atom stereocenters. The number of hydrogen-bond donors (Lipinski definition) is 2. The van der Waals surface area contributed by atoms with E-state index < -0.39 is 5.82 Å². The summed E-state index contributed by atoms with van der Waals surface area (Å²) in [6.07, 6.45) is 3.77. The number of nitrogens with zero attached hydrogens (tertiary/aromatic N) is 4. The van der Waals surface area contributed by atoms with Gasteiger partial charge in [0.25, 0.3) is 0 Å². The minimum absolute atomic E-state index is 0.290. The molecule has 136 valence electrons. The predicted octanol–water partition coefficient (Wildman–Crippen LogP) is 4.19. The maximum atomic E-state index is 14.3. The summed E-state index contributed by atoms with van der Waals surface area (Å²) in [6, 6.07) is 8.17. The number of aromatic nitrogens is 4. The lowest BCUT2D eigenvalue weighted by molar-refractivity contribution is 0.631. The monoisotopic (exact) mass is 400 g/mol. The highest BCUT2D eigenvalue weighted by atomic mass is 35.5. The van der Waals surface area contributed by atoms with Crippen LogP contribution in [0, 0.1) is 5.82 Å². The number of rotatable bonds is 5. The van der Waals surface area contributed by atoms with Crippen molar-refractivity contribution in [1.29, 1.82) is 0 Å². The fourth-order valence-corrected chi connectivity index (χ4v) is 4.00. The molecule has 4 rings (SSSR count). The molecule has 0 aliphatic carbocycles. The number of pyridine rings is 1. The molecule has 0 atom stereocenters. The van der Waals surface area contributed by atoms with Crippen LogP contribution in [0.25, 0.3) is 20.8 Å². The average molecular weight is 401 g/mol. The molecule has 0 fully saturated rings. The minimum Gasteiger partial charge on any atom is -0.330 e. The van der Waals surface area contributed by atoms with Crippen molar-refractivity contribution < 1.29 is 4.39 Å². The first-order chi connectivity index (χ1) is 13.2. The molecular formula is C18H14ClFN6S. The Morgan fingerprint density at radius 1 is 1.19 bits per heavy atom. The zero-order chi connectivity index (χ0) is 18.8. The molecule has 0 saturated carbocycles. The summed E-state index contributed by atoms with van der Waals surface area (Å²) in [6.45, 7) is 0.506. The van der Waals surface area contributed by atoms with E-state index in [1.807, 2.05) is 6.07 Å². The van der Waals surface area contributed by atoms with Gasteiger partial charge >= 0.3 is 0 Å². The van der Waals surface area contributed by atoms with Gasteiger partial charge in [0.1, 0.15) is 23.0 Å². The molecule has 3 aromatic heterocycles. The molecule has 0 bridgehead atoms. The van der Waals surface area contributed by atoms with E-state index >= 15 is 0 Å². The Morgan fingerprint density at radius 3 is 2.89 bits per heavy atom. The van der Waals surface area contributed by atoms with Gasteiger partial charge in [0.2, 0.25) is 0 Å². The summed E-state index contributed by atoms with van der Waals surface area (Å²) in [5.41, 5.74) is 7.40. The lowest BCUT2D eigenvalue weighted by Crippen LogP contribution is -2.05. The molecule has 0 aliphatic rings. The molecule has 1 aromatic carbocycles. The number of halogens is 2. The molecular weight excluding hydrogens is 387 g/mol. The number of anilines is 2. The third-order valence-electron chi connectivity index (χ3n) is 3.85. The third-order valence-corrected chi connectivity index (χ3v) is 5.26. The Balaban J connectivity index is 1.75. The lowest BCUT2D eigenvalue weighted by Gasteiger charge is -2.06. The van der Waals surface area contributed by atoms with E-state index in [1.54, 1.807) is 24.4 Å². The van der Waals surface area contributed by atoms with Gasteiger partial charge in [-0.05, 0) is 24.7 Å². The molecule has 0 saturated heterocycles. The number of thiazole rings is 1. The second kappa shape index (κ2) is 7.51. The number of nitrogens with one attached hydrogen (secondary N) is 1. The van der Waals surface area contributed by atoms with Gasteiger partial charge in [-0.25, -0.2) is 24.3 Å². The summed E-state index contributed by atoms with van der Waals surface area (Å²) in [5, 5.41) is 3.99. The van der Waals surface area contributed by atoms with E-state index in [0.717, 1.165) is 10.4 Å². The van der Waals surface area contributed by atoms with Crippen LogP contribution in [0.2, 0.25) is 5.02 Å². The molecule has 3 heterocycles. The van der Waals surface area contributed by atoms with Gasteiger partial charge in [0.05, 0.1) is 20.8 Å². The number of nitrogens with two attached hydrogens (primary N) is 1. The summed E-state index contributed by atoms with van der Waals surface area (Å²) >= 11 is 7.49. The average Bonchev–Trinajstić information content (AvgIpc) is 3.07. The highest BCUT2D eigenvalue weighted by Crippen LogP contribution is 2.38. The van der Waals surface area contributed by atoms with Crippen LogP contribution in [-0.4, -0.2) is 26.5 Å². The lowest BCUT2D eigenvalue weighted by atomic mass is 10.2. The Labute approximate surface area is 163 Å². The van der Waals surface area contributed by atoms with Crippen LogP contribution in [0.5, 0.6) is 0 Å². The van der Waals surface area contributed by atoms with E-state index in [1.165, 1.54) is 23.7 Å². The van der Waals surface area contributed by atoms with Crippen molar-refractivity contribution in [2.45, 2.75) is 6.42 Å². The maximum Gasteiger partial charge on any atom is 0.151 e. The maximum absolute atomic E-state index is 14.3. The van der Waals surface area contributed by atoms with E-state index in [4.69, 9.17) is 17.3 Å². The summed E-state index contributed by atoms with van der Waals surface area (Å²) in [4.78, 5) is 17.3. The normalized spacial score (nSPS) is 11.1. The second-order valence-corrected chi connectivity index (χ2v) is 7.09. The van der Waals surface area contributed by atoms with E-state index in [9.17, 15) is 4.39 Å². The van der Waals surface area contributed by atoms with Crippen LogP contribution >= 0.6 is 22.9 Å². The molecule has 3 N–H and O–H groups in total. The minimum atomic E-state index is -0.411. The Hall–Kier alpha value is -2.68. The highest BCUT2D eigenvalue weighted by Gasteiger charge is 2.16. The van der Waals surface area contributed by atoms with E-state index in [-0.39, 0.29) is 0 Å². The van der Waals surface area contributed by atoms with Crippen molar-refractivity contribution in [3.63, 3.8) is 0 Å². The Morgan fingerprint density at radius 2 is 2.07 bits per heavy atom. The van der Waals surface area contributed by atoms with Crippen LogP contribution in [0.4, 0.5) is 16.0 Å². The SMILES string of the molecule is NCCc1cc(Nc2nccc3nc(-c4c(F)cccc4Cl)sc23)ncn1. The fraction of sp³-hybridized carbons (Fsp3) is 0.111. The van der Waals surface area contributed by atoms with Gasteiger partial charge in [-0.15, -0.1) is 11.3 Å². The quantitative estimate of drug-likeness (QED) is 0.522. The van der Waals surface area contributed by atoms with Crippen molar-refractivity contribution in [1.82, 2.24) is 19.9 Å². The van der Waals surface area contributed by atoms with Gasteiger partial charge in [0.15, 0.2) is 5.82 Å². The summed E-state index contributed by atoms with van der Waals surface area (Å²) in [7, 11) is 0. The number of benzene rings is 1. The smallest absolute Gasteiger partial charge is 0.151 e. The zero-order valence-corrected chi connectivity index (χ0v) is 15.6. The first-order valence-electron chi connectivity index (χ1n) is 8.13. The molecule has 9 heteroatoms. The van der Waals surface area contributed by atoms with E-state index in [0.29, 0.717) is 45.7 Å². The van der Waals surface area contributed by atoms with Crippen LogP contribution < -0.4 is 11.1 Å². The second-order valence-electron chi connectivity index (χ2n) is 5.68. The number of fused-ring (bicyclic) bond motifs is 1. The van der Waals surface area contributed by atoms with Crippen LogP contribution in [0.1, 0.15) is 5.69 Å². The third kappa shape index (κ3) is 3.59. The standard InChI is InChI=1S/C18H14ClFN6S/c19-11-2-1-3-12(20)15(11)18-25-13-5-7-22-17(16(13)27-18)26-14-8-10(4-6-21)23-9-24-14/h1-3,5,7-9H,4,6,21H2,(H,22,23,24,26). The van der Waals surface area contributed by atoms with Crippen LogP contribution in [0.3, 0.4) is 0 Å². The topological polar surface area (TPSA) is 89.6 Å². The van der Waals surface area contributed by atoms with Gasteiger partial charge in [0, 0.05) is 24.4 Å². The van der Waals surface area contributed by atoms with Crippen molar-refractivity contribution in [3.8, 4) is 10.6 Å². The molecule has 0 spiro atoms. The Bertz CT molecular complexity index is 1100. The van der Waals surface area contributed by atoms with Crippen molar-refractivity contribution >= 4 is 44.8 Å². The highest BCUT2D eigenvalue weighted by molar-refractivity contribution is 7.22. The van der Waals surface area contributed by atoms with Crippen molar-refractivity contribution in [3.05, 3.63) is 59.4 Å². The first kappa shape index (κ1) is 17.7. The summed E-state index contributed by atoms with van der Waals surface area (Å²) < 4.78 is 15.0. The number of hydrogen-bond acceptors (Lipinski definition) is 7. The predicted molar refractivity (Wildman–Crippen MR) is 106 cm³/mol. The fourth-order valence-electron chi connectivity index (χ4n) is 2.63. The van der Waals surface area contributed by atoms with Crippen LogP contribution in [-0.2, 0) is 6.42 Å². The molecule has 0 aliphatic heterocycles. The van der Waals surface area contributed by atoms with Gasteiger partial charge in [-0.3, -0.25) is 0 Å². The molecule has 4 aromatic rings.